The number of phenols is 1. The van der Waals surface area contributed by atoms with Gasteiger partial charge in [0.15, 0.2) is 0 Å². The predicted molar refractivity (Wildman–Crippen MR) is 116 cm³/mol. The molecule has 0 aromatic heterocycles. The number of aliphatic hydroxyl groups excluding tert-OH is 3. The fourth-order valence-electron chi connectivity index (χ4n) is 5.22. The first-order chi connectivity index (χ1) is 14.3. The van der Waals surface area contributed by atoms with E-state index in [1.165, 1.54) is 11.6 Å². The van der Waals surface area contributed by atoms with Crippen LogP contribution in [-0.2, 0) is 6.42 Å². The van der Waals surface area contributed by atoms with E-state index in [4.69, 9.17) is 4.74 Å². The highest BCUT2D eigenvalue weighted by Crippen LogP contribution is 2.49. The van der Waals surface area contributed by atoms with Gasteiger partial charge in [-0.15, -0.1) is 0 Å². The smallest absolute Gasteiger partial charge is 0.146 e. The van der Waals surface area contributed by atoms with Crippen LogP contribution in [0.2, 0.25) is 0 Å². The van der Waals surface area contributed by atoms with E-state index in [1.54, 1.807) is 12.1 Å². The summed E-state index contributed by atoms with van der Waals surface area (Å²) in [6.07, 6.45) is 6.88. The van der Waals surface area contributed by atoms with Gasteiger partial charge in [0.1, 0.15) is 29.5 Å². The molecule has 0 amide bonds. The minimum absolute atomic E-state index is 0.0766. The van der Waals surface area contributed by atoms with Crippen LogP contribution in [0.4, 0.5) is 0 Å². The van der Waals surface area contributed by atoms with Gasteiger partial charge in [-0.1, -0.05) is 31.1 Å². The van der Waals surface area contributed by atoms with Gasteiger partial charge in [0.2, 0.25) is 0 Å². The van der Waals surface area contributed by atoms with Crippen molar-refractivity contribution >= 4 is 0 Å². The summed E-state index contributed by atoms with van der Waals surface area (Å²) in [6, 6.07) is 1.79. The molecule has 5 unspecified atom stereocenters. The van der Waals surface area contributed by atoms with Crippen molar-refractivity contribution in [2.24, 2.45) is 5.92 Å². The van der Waals surface area contributed by atoms with Gasteiger partial charge in [0.05, 0.1) is 6.10 Å². The van der Waals surface area contributed by atoms with Crippen LogP contribution in [-0.4, -0.2) is 38.7 Å². The van der Waals surface area contributed by atoms with Crippen molar-refractivity contribution in [1.82, 2.24) is 0 Å². The van der Waals surface area contributed by atoms with Crippen LogP contribution >= 0.6 is 0 Å². The Morgan fingerprint density at radius 2 is 1.87 bits per heavy atom. The third kappa shape index (κ3) is 3.65. The molecule has 5 atom stereocenters. The number of benzene rings is 1. The number of hydrogen-bond donors (Lipinski definition) is 4. The number of phenolic OH excluding ortho intramolecular Hbond substituents is 1. The molecule has 2 aliphatic carbocycles. The van der Waals surface area contributed by atoms with E-state index in [1.807, 2.05) is 6.92 Å². The molecule has 4 rings (SSSR count). The van der Waals surface area contributed by atoms with Crippen molar-refractivity contribution in [3.05, 3.63) is 57.9 Å². The molecule has 0 saturated carbocycles. The van der Waals surface area contributed by atoms with Crippen LogP contribution < -0.4 is 4.74 Å². The molecule has 1 aromatic carbocycles. The van der Waals surface area contributed by atoms with Crippen LogP contribution in [0, 0.1) is 12.8 Å². The van der Waals surface area contributed by atoms with Crippen LogP contribution in [0.25, 0.3) is 0 Å². The number of ether oxygens (including phenoxy) is 1. The second kappa shape index (κ2) is 8.12. The molecule has 0 radical (unpaired) electrons. The average Bonchev–Trinajstić information content (AvgIpc) is 2.70. The SMILES string of the molecule is CCC1CCC(C)=CC1c1c(C)cc(O)c2c1OC(C1=CC=C(O)C(O)C1)C(O)C2. The van der Waals surface area contributed by atoms with Crippen LogP contribution in [0.3, 0.4) is 0 Å². The molecular weight excluding hydrogens is 380 g/mol. The van der Waals surface area contributed by atoms with E-state index in [9.17, 15) is 20.4 Å². The van der Waals surface area contributed by atoms with Crippen molar-refractivity contribution < 1.29 is 25.2 Å². The van der Waals surface area contributed by atoms with Crippen LogP contribution in [0.5, 0.6) is 11.5 Å². The Morgan fingerprint density at radius 1 is 1.10 bits per heavy atom. The van der Waals surface area contributed by atoms with Crippen molar-refractivity contribution in [3.63, 3.8) is 0 Å². The second-order valence-corrected chi connectivity index (χ2v) is 9.04. The van der Waals surface area contributed by atoms with Crippen molar-refractivity contribution in [1.29, 1.82) is 0 Å². The van der Waals surface area contributed by atoms with E-state index in [2.05, 4.69) is 19.9 Å². The first-order valence-corrected chi connectivity index (χ1v) is 10.9. The van der Waals surface area contributed by atoms with Gasteiger partial charge in [-0.25, -0.2) is 0 Å². The zero-order valence-corrected chi connectivity index (χ0v) is 17.9. The Hall–Kier alpha value is -2.24. The highest BCUT2D eigenvalue weighted by molar-refractivity contribution is 5.58. The van der Waals surface area contributed by atoms with E-state index in [0.29, 0.717) is 17.2 Å². The zero-order chi connectivity index (χ0) is 21.6. The summed E-state index contributed by atoms with van der Waals surface area (Å²) in [5.41, 5.74) is 4.86. The van der Waals surface area contributed by atoms with Crippen LogP contribution in [0.15, 0.2) is 41.2 Å². The van der Waals surface area contributed by atoms with Crippen LogP contribution in [0.1, 0.15) is 62.1 Å². The average molecular weight is 413 g/mol. The van der Waals surface area contributed by atoms with Gasteiger partial charge in [-0.2, -0.15) is 0 Å². The molecule has 1 aromatic rings. The minimum atomic E-state index is -0.985. The first kappa shape index (κ1) is 21.0. The molecule has 4 N–H and O–H groups in total. The lowest BCUT2D eigenvalue weighted by Crippen LogP contribution is -2.41. The number of fused-ring (bicyclic) bond motifs is 1. The largest absolute Gasteiger partial charge is 0.510 e. The predicted octanol–water partition coefficient (Wildman–Crippen LogP) is 4.35. The molecule has 1 aliphatic heterocycles. The Labute approximate surface area is 178 Å². The lowest BCUT2D eigenvalue weighted by molar-refractivity contribution is 0.0337. The molecule has 3 aliphatic rings. The normalized spacial score (nSPS) is 31.2. The van der Waals surface area contributed by atoms with Gasteiger partial charge in [-0.3, -0.25) is 0 Å². The number of rotatable bonds is 3. The maximum atomic E-state index is 10.8. The summed E-state index contributed by atoms with van der Waals surface area (Å²) in [4.78, 5) is 0. The van der Waals surface area contributed by atoms with Crippen molar-refractivity contribution in [2.75, 3.05) is 0 Å². The molecule has 0 saturated heterocycles. The lowest BCUT2D eigenvalue weighted by Gasteiger charge is -2.38. The fourth-order valence-corrected chi connectivity index (χ4v) is 5.22. The Morgan fingerprint density at radius 3 is 2.57 bits per heavy atom. The number of aromatic hydroxyl groups is 1. The zero-order valence-electron chi connectivity index (χ0n) is 17.9. The maximum absolute atomic E-state index is 10.8. The highest BCUT2D eigenvalue weighted by atomic mass is 16.5. The van der Waals surface area contributed by atoms with Gasteiger partial charge >= 0.3 is 0 Å². The molecule has 0 spiro atoms. The standard InChI is InChI=1S/C25H32O5/c1-4-15-6-5-13(2)9-17(15)23-14(3)10-20(27)18-12-22(29)24(30-25(18)23)16-7-8-19(26)21(28)11-16/h7-10,15,17,21-22,24,26-29H,4-6,11-12H2,1-3H3. The molecule has 1 heterocycles. The molecule has 5 nitrogen and oxygen atoms in total. The monoisotopic (exact) mass is 412 g/mol. The Kier molecular flexibility index (Phi) is 5.69. The topological polar surface area (TPSA) is 90.2 Å². The molecule has 0 fully saturated rings. The van der Waals surface area contributed by atoms with Gasteiger partial charge in [0, 0.05) is 29.9 Å². The molecule has 5 heteroatoms. The van der Waals surface area contributed by atoms with E-state index in [0.717, 1.165) is 36.0 Å². The third-order valence-corrected chi connectivity index (χ3v) is 6.96. The quantitative estimate of drug-likeness (QED) is 0.554. The Balaban J connectivity index is 1.80. The van der Waals surface area contributed by atoms with Gasteiger partial charge in [0.25, 0.3) is 0 Å². The summed E-state index contributed by atoms with van der Waals surface area (Å²) in [6.45, 7) is 6.39. The molecule has 0 bridgehead atoms. The van der Waals surface area contributed by atoms with Crippen molar-refractivity contribution in [2.45, 2.75) is 77.1 Å². The first-order valence-electron chi connectivity index (χ1n) is 10.9. The fraction of sp³-hybridized carbons (Fsp3) is 0.520. The molecule has 30 heavy (non-hydrogen) atoms. The van der Waals surface area contributed by atoms with E-state index in [-0.39, 0.29) is 30.3 Å². The number of aryl methyl sites for hydroxylation is 1. The lowest BCUT2D eigenvalue weighted by atomic mass is 9.73. The number of hydrogen-bond acceptors (Lipinski definition) is 5. The summed E-state index contributed by atoms with van der Waals surface area (Å²) in [5, 5.41) is 41.2. The highest BCUT2D eigenvalue weighted by Gasteiger charge is 2.38. The second-order valence-electron chi connectivity index (χ2n) is 9.04. The van der Waals surface area contributed by atoms with Crippen molar-refractivity contribution in [3.8, 4) is 11.5 Å². The number of allylic oxidation sites excluding steroid dienone is 4. The van der Waals surface area contributed by atoms with Gasteiger partial charge in [-0.05, 0) is 55.9 Å². The summed E-state index contributed by atoms with van der Waals surface area (Å²) in [5.74, 6) is 1.47. The minimum Gasteiger partial charge on any atom is -0.510 e. The van der Waals surface area contributed by atoms with E-state index < -0.39 is 18.3 Å². The summed E-state index contributed by atoms with van der Waals surface area (Å²) >= 11 is 0. The molecular formula is C25H32O5. The number of aliphatic hydroxyl groups is 3. The maximum Gasteiger partial charge on any atom is 0.146 e. The summed E-state index contributed by atoms with van der Waals surface area (Å²) < 4.78 is 6.41. The van der Waals surface area contributed by atoms with Gasteiger partial charge < -0.3 is 25.2 Å². The third-order valence-electron chi connectivity index (χ3n) is 6.96. The summed E-state index contributed by atoms with van der Waals surface area (Å²) in [7, 11) is 0. The molecule has 162 valence electrons. The Bertz CT molecular complexity index is 926. The van der Waals surface area contributed by atoms with E-state index >= 15 is 0 Å².